The molecular weight excluding hydrogens is 274 g/mol. The lowest BCUT2D eigenvalue weighted by atomic mass is 10.1. The van der Waals surface area contributed by atoms with E-state index in [0.717, 1.165) is 43.9 Å². The second kappa shape index (κ2) is 6.23. The first kappa shape index (κ1) is 15.3. The highest BCUT2D eigenvalue weighted by molar-refractivity contribution is 5.93. The summed E-state index contributed by atoms with van der Waals surface area (Å²) in [6.45, 7) is 10.9. The van der Waals surface area contributed by atoms with Crippen LogP contribution in [-0.4, -0.2) is 53.8 Å². The number of pyridine rings is 1. The van der Waals surface area contributed by atoms with Crippen molar-refractivity contribution >= 4 is 16.6 Å². The summed E-state index contributed by atoms with van der Waals surface area (Å²) in [6, 6.07) is 8.40. The number of benzene rings is 1. The normalized spacial score (nSPS) is 17.9. The van der Waals surface area contributed by atoms with Crippen molar-refractivity contribution in [1.82, 2.24) is 9.88 Å². The van der Waals surface area contributed by atoms with Crippen molar-refractivity contribution in [2.75, 3.05) is 37.6 Å². The zero-order valence-corrected chi connectivity index (χ0v) is 13.7. The van der Waals surface area contributed by atoms with Gasteiger partial charge in [0.2, 0.25) is 0 Å². The van der Waals surface area contributed by atoms with Gasteiger partial charge >= 0.3 is 0 Å². The van der Waals surface area contributed by atoms with E-state index in [1.807, 2.05) is 6.92 Å². The first-order valence-corrected chi connectivity index (χ1v) is 8.07. The Morgan fingerprint density at radius 3 is 2.50 bits per heavy atom. The fourth-order valence-electron chi connectivity index (χ4n) is 3.34. The van der Waals surface area contributed by atoms with Crippen LogP contribution in [0.3, 0.4) is 0 Å². The van der Waals surface area contributed by atoms with Crippen LogP contribution >= 0.6 is 0 Å². The molecule has 0 unspecified atom stereocenters. The molecule has 1 aliphatic heterocycles. The third-order valence-electron chi connectivity index (χ3n) is 4.56. The molecule has 4 heteroatoms. The Morgan fingerprint density at radius 2 is 1.82 bits per heavy atom. The maximum Gasteiger partial charge on any atom is 0.0726 e. The number of aromatic nitrogens is 1. The molecule has 3 rings (SSSR count). The second-order valence-corrected chi connectivity index (χ2v) is 6.32. The molecule has 2 heterocycles. The van der Waals surface area contributed by atoms with E-state index in [9.17, 15) is 5.11 Å². The van der Waals surface area contributed by atoms with Gasteiger partial charge < -0.3 is 10.0 Å². The van der Waals surface area contributed by atoms with E-state index < -0.39 is 0 Å². The smallest absolute Gasteiger partial charge is 0.0726 e. The van der Waals surface area contributed by atoms with Crippen molar-refractivity contribution in [3.8, 4) is 0 Å². The van der Waals surface area contributed by atoms with Crippen LogP contribution < -0.4 is 4.90 Å². The second-order valence-electron chi connectivity index (χ2n) is 6.32. The predicted molar refractivity (Wildman–Crippen MR) is 91.6 cm³/mol. The molecule has 1 N–H and O–H groups in total. The molecule has 0 amide bonds. The highest BCUT2D eigenvalue weighted by Crippen LogP contribution is 2.31. The molecule has 1 aliphatic rings. The summed E-state index contributed by atoms with van der Waals surface area (Å²) in [5.41, 5.74) is 4.80. The number of fused-ring (bicyclic) bond motifs is 1. The van der Waals surface area contributed by atoms with Gasteiger partial charge in [-0.05, 0) is 32.4 Å². The maximum absolute atomic E-state index is 9.55. The first-order valence-electron chi connectivity index (χ1n) is 8.07. The Bertz CT molecular complexity index is 661. The summed E-state index contributed by atoms with van der Waals surface area (Å²) >= 11 is 0. The third kappa shape index (κ3) is 2.94. The SMILES string of the molecule is Cc1nc2ccccc2c(N2CCN(C[C@@H](C)O)CC2)c1C. The van der Waals surface area contributed by atoms with Crippen molar-refractivity contribution in [3.05, 3.63) is 35.5 Å². The van der Waals surface area contributed by atoms with Crippen LogP contribution in [0.4, 0.5) is 5.69 Å². The molecule has 1 aromatic heterocycles. The summed E-state index contributed by atoms with van der Waals surface area (Å²) in [5.74, 6) is 0. The number of anilines is 1. The molecule has 1 atom stereocenters. The Morgan fingerprint density at radius 1 is 1.14 bits per heavy atom. The number of β-amino-alcohol motifs (C(OH)–C–C–N with tert-alkyl or cyclic N) is 1. The minimum Gasteiger partial charge on any atom is -0.392 e. The Labute approximate surface area is 132 Å². The molecule has 0 saturated carbocycles. The van der Waals surface area contributed by atoms with Crippen LogP contribution in [0.25, 0.3) is 10.9 Å². The van der Waals surface area contributed by atoms with E-state index in [1.165, 1.54) is 16.6 Å². The van der Waals surface area contributed by atoms with Crippen molar-refractivity contribution < 1.29 is 5.11 Å². The summed E-state index contributed by atoms with van der Waals surface area (Å²) in [7, 11) is 0. The molecule has 0 bridgehead atoms. The summed E-state index contributed by atoms with van der Waals surface area (Å²) in [4.78, 5) is 9.53. The molecule has 0 aliphatic carbocycles. The van der Waals surface area contributed by atoms with Crippen molar-refractivity contribution in [2.24, 2.45) is 0 Å². The lowest BCUT2D eigenvalue weighted by molar-refractivity contribution is 0.123. The van der Waals surface area contributed by atoms with E-state index in [2.05, 4.69) is 47.9 Å². The zero-order valence-electron chi connectivity index (χ0n) is 13.7. The minimum atomic E-state index is -0.253. The van der Waals surface area contributed by atoms with Crippen LogP contribution in [0.2, 0.25) is 0 Å². The molecule has 0 spiro atoms. The van der Waals surface area contributed by atoms with Crippen molar-refractivity contribution in [2.45, 2.75) is 26.9 Å². The number of aliphatic hydroxyl groups excluding tert-OH is 1. The number of aliphatic hydroxyl groups is 1. The standard InChI is InChI=1S/C18H25N3O/c1-13(22)12-20-8-10-21(11-9-20)18-14(2)15(3)19-17-7-5-4-6-16(17)18/h4-7,13,22H,8-12H2,1-3H3/t13-/m1/s1. The zero-order chi connectivity index (χ0) is 15.7. The first-order chi connectivity index (χ1) is 10.6. The van der Waals surface area contributed by atoms with Gasteiger partial charge in [-0.2, -0.15) is 0 Å². The largest absolute Gasteiger partial charge is 0.392 e. The quantitative estimate of drug-likeness (QED) is 0.944. The lowest BCUT2D eigenvalue weighted by Crippen LogP contribution is -2.48. The van der Waals surface area contributed by atoms with Gasteiger partial charge in [0.05, 0.1) is 17.3 Å². The molecule has 1 saturated heterocycles. The van der Waals surface area contributed by atoms with E-state index >= 15 is 0 Å². The fourth-order valence-corrected chi connectivity index (χ4v) is 3.34. The Kier molecular flexibility index (Phi) is 4.32. The average Bonchev–Trinajstić information content (AvgIpc) is 2.49. The van der Waals surface area contributed by atoms with Crippen molar-refractivity contribution in [1.29, 1.82) is 0 Å². The number of para-hydroxylation sites is 1. The lowest BCUT2D eigenvalue weighted by Gasteiger charge is -2.38. The molecule has 4 nitrogen and oxygen atoms in total. The topological polar surface area (TPSA) is 39.6 Å². The number of hydrogen-bond acceptors (Lipinski definition) is 4. The van der Waals surface area contributed by atoms with Gasteiger partial charge in [-0.15, -0.1) is 0 Å². The molecule has 118 valence electrons. The van der Waals surface area contributed by atoms with Gasteiger partial charge in [-0.3, -0.25) is 9.88 Å². The Hall–Kier alpha value is -1.65. The van der Waals surface area contributed by atoms with Gasteiger partial charge in [0.25, 0.3) is 0 Å². The van der Waals surface area contributed by atoms with E-state index in [1.54, 1.807) is 0 Å². The highest BCUT2D eigenvalue weighted by atomic mass is 16.3. The van der Waals surface area contributed by atoms with Crippen LogP contribution in [0.1, 0.15) is 18.2 Å². The number of aryl methyl sites for hydroxylation is 1. The molecule has 0 radical (unpaired) electrons. The monoisotopic (exact) mass is 299 g/mol. The van der Waals surface area contributed by atoms with Gasteiger partial charge in [0, 0.05) is 43.8 Å². The fraction of sp³-hybridized carbons (Fsp3) is 0.500. The number of hydrogen-bond donors (Lipinski definition) is 1. The molecule has 1 aromatic carbocycles. The molecule has 2 aromatic rings. The number of rotatable bonds is 3. The highest BCUT2D eigenvalue weighted by Gasteiger charge is 2.21. The summed E-state index contributed by atoms with van der Waals surface area (Å²) in [5, 5.41) is 10.8. The third-order valence-corrected chi connectivity index (χ3v) is 4.56. The van der Waals surface area contributed by atoms with E-state index in [-0.39, 0.29) is 6.10 Å². The van der Waals surface area contributed by atoms with Gasteiger partial charge in [0.1, 0.15) is 0 Å². The van der Waals surface area contributed by atoms with Crippen molar-refractivity contribution in [3.63, 3.8) is 0 Å². The maximum atomic E-state index is 9.55. The summed E-state index contributed by atoms with van der Waals surface area (Å²) < 4.78 is 0. The van der Waals surface area contributed by atoms with E-state index in [4.69, 9.17) is 4.98 Å². The van der Waals surface area contributed by atoms with Crippen LogP contribution in [0.15, 0.2) is 24.3 Å². The van der Waals surface area contributed by atoms with E-state index in [0.29, 0.717) is 0 Å². The number of piperazine rings is 1. The van der Waals surface area contributed by atoms with Gasteiger partial charge in [-0.1, -0.05) is 18.2 Å². The molecular formula is C18H25N3O. The number of nitrogens with zero attached hydrogens (tertiary/aromatic N) is 3. The Balaban J connectivity index is 1.89. The molecule has 22 heavy (non-hydrogen) atoms. The average molecular weight is 299 g/mol. The van der Waals surface area contributed by atoms with Crippen LogP contribution in [0.5, 0.6) is 0 Å². The van der Waals surface area contributed by atoms with Gasteiger partial charge in [-0.25, -0.2) is 0 Å². The minimum absolute atomic E-state index is 0.253. The van der Waals surface area contributed by atoms with Crippen LogP contribution in [-0.2, 0) is 0 Å². The summed E-state index contributed by atoms with van der Waals surface area (Å²) in [6.07, 6.45) is -0.253. The molecule has 1 fully saturated rings. The van der Waals surface area contributed by atoms with Gasteiger partial charge in [0.15, 0.2) is 0 Å². The predicted octanol–water partition coefficient (Wildman–Crippen LogP) is 2.35. The van der Waals surface area contributed by atoms with Crippen LogP contribution in [0, 0.1) is 13.8 Å².